The third kappa shape index (κ3) is 5.95. The number of hydrogen-bond acceptors (Lipinski definition) is 3. The van der Waals surface area contributed by atoms with E-state index < -0.39 is 0 Å². The summed E-state index contributed by atoms with van der Waals surface area (Å²) in [6.45, 7) is 7.37. The summed E-state index contributed by atoms with van der Waals surface area (Å²) in [5, 5.41) is 20.8. The highest BCUT2D eigenvalue weighted by Gasteiger charge is 2.18. The van der Waals surface area contributed by atoms with E-state index in [4.69, 9.17) is 10.4 Å². The van der Waals surface area contributed by atoms with E-state index in [1.165, 1.54) is 0 Å². The first-order chi connectivity index (χ1) is 6.55. The van der Waals surface area contributed by atoms with Crippen molar-refractivity contribution in [2.45, 2.75) is 46.1 Å². The molecule has 0 heterocycles. The largest absolute Gasteiger partial charge is 0.395 e. The van der Waals surface area contributed by atoms with Crippen molar-refractivity contribution in [2.75, 3.05) is 13.2 Å². The summed E-state index contributed by atoms with van der Waals surface area (Å²) in [6.07, 6.45) is 2.44. The van der Waals surface area contributed by atoms with Gasteiger partial charge in [0.15, 0.2) is 0 Å². The molecular formula is C11H22N2O. The Labute approximate surface area is 87.1 Å². The Balaban J connectivity index is 3.79. The summed E-state index contributed by atoms with van der Waals surface area (Å²) in [7, 11) is 0. The van der Waals surface area contributed by atoms with E-state index >= 15 is 0 Å². The average molecular weight is 198 g/mol. The van der Waals surface area contributed by atoms with Gasteiger partial charge in [-0.25, -0.2) is 0 Å². The molecule has 3 nitrogen and oxygen atoms in total. The lowest BCUT2D eigenvalue weighted by Gasteiger charge is -2.26. The zero-order chi connectivity index (χ0) is 11.0. The predicted molar refractivity (Wildman–Crippen MR) is 57.8 cm³/mol. The van der Waals surface area contributed by atoms with E-state index in [1.54, 1.807) is 0 Å². The molecule has 0 aromatic rings. The molecule has 2 N–H and O–H groups in total. The first-order valence-electron chi connectivity index (χ1n) is 5.27. The van der Waals surface area contributed by atoms with Gasteiger partial charge in [0.2, 0.25) is 0 Å². The Morgan fingerprint density at radius 2 is 2.14 bits per heavy atom. The van der Waals surface area contributed by atoms with Gasteiger partial charge < -0.3 is 10.4 Å². The second-order valence-corrected chi connectivity index (χ2v) is 4.49. The van der Waals surface area contributed by atoms with E-state index in [0.717, 1.165) is 19.4 Å². The molecule has 0 amide bonds. The monoisotopic (exact) mass is 198 g/mol. The van der Waals surface area contributed by atoms with Crippen LogP contribution in [-0.4, -0.2) is 24.3 Å². The number of rotatable bonds is 7. The molecule has 0 spiro atoms. The van der Waals surface area contributed by atoms with Crippen LogP contribution in [0.2, 0.25) is 0 Å². The van der Waals surface area contributed by atoms with Gasteiger partial charge in [-0.1, -0.05) is 20.8 Å². The zero-order valence-corrected chi connectivity index (χ0v) is 9.51. The Morgan fingerprint density at radius 3 is 2.57 bits per heavy atom. The second-order valence-electron chi connectivity index (χ2n) is 4.49. The normalized spacial score (nSPS) is 13.6. The SMILES string of the molecule is CC[C@@H](CO)NCC(C)(C)CCC#N. The van der Waals surface area contributed by atoms with Crippen LogP contribution in [0.5, 0.6) is 0 Å². The van der Waals surface area contributed by atoms with E-state index in [1.807, 2.05) is 0 Å². The lowest BCUT2D eigenvalue weighted by molar-refractivity contribution is 0.216. The molecule has 0 radical (unpaired) electrons. The molecule has 0 bridgehead atoms. The number of nitrogens with zero attached hydrogens (tertiary/aromatic N) is 1. The molecule has 0 saturated carbocycles. The van der Waals surface area contributed by atoms with Crippen LogP contribution in [-0.2, 0) is 0 Å². The summed E-state index contributed by atoms with van der Waals surface area (Å²) in [5.74, 6) is 0. The smallest absolute Gasteiger partial charge is 0.0621 e. The third-order valence-corrected chi connectivity index (χ3v) is 2.50. The molecule has 0 aromatic carbocycles. The zero-order valence-electron chi connectivity index (χ0n) is 9.51. The first kappa shape index (κ1) is 13.4. The van der Waals surface area contributed by atoms with Crippen molar-refractivity contribution in [3.8, 4) is 6.07 Å². The molecule has 1 atom stereocenters. The van der Waals surface area contributed by atoms with E-state index in [0.29, 0.717) is 6.42 Å². The molecule has 82 valence electrons. The fourth-order valence-electron chi connectivity index (χ4n) is 1.24. The molecule has 0 aromatic heterocycles. The molecule has 0 rings (SSSR count). The van der Waals surface area contributed by atoms with Gasteiger partial charge >= 0.3 is 0 Å². The van der Waals surface area contributed by atoms with Crippen molar-refractivity contribution in [3.63, 3.8) is 0 Å². The molecule has 14 heavy (non-hydrogen) atoms. The Bertz CT molecular complexity index is 180. The van der Waals surface area contributed by atoms with Crippen molar-refractivity contribution < 1.29 is 5.11 Å². The van der Waals surface area contributed by atoms with Crippen molar-refractivity contribution in [1.29, 1.82) is 5.26 Å². The van der Waals surface area contributed by atoms with Crippen molar-refractivity contribution >= 4 is 0 Å². The molecule has 0 saturated heterocycles. The molecule has 0 aliphatic heterocycles. The Hall–Kier alpha value is -0.590. The van der Waals surface area contributed by atoms with Gasteiger partial charge in [-0.05, 0) is 18.3 Å². The maximum absolute atomic E-state index is 8.98. The van der Waals surface area contributed by atoms with Crippen LogP contribution in [0.1, 0.15) is 40.0 Å². The van der Waals surface area contributed by atoms with Gasteiger partial charge in [0.1, 0.15) is 0 Å². The number of aliphatic hydroxyl groups is 1. The Kier molecular flexibility index (Phi) is 6.52. The summed E-state index contributed by atoms with van der Waals surface area (Å²) in [4.78, 5) is 0. The first-order valence-corrected chi connectivity index (χ1v) is 5.27. The van der Waals surface area contributed by atoms with Gasteiger partial charge in [-0.3, -0.25) is 0 Å². The third-order valence-electron chi connectivity index (χ3n) is 2.50. The summed E-state index contributed by atoms with van der Waals surface area (Å²) < 4.78 is 0. The lowest BCUT2D eigenvalue weighted by Crippen LogP contribution is -2.38. The van der Waals surface area contributed by atoms with Crippen molar-refractivity contribution in [3.05, 3.63) is 0 Å². The predicted octanol–water partition coefficient (Wildman–Crippen LogP) is 1.68. The maximum atomic E-state index is 8.98. The van der Waals surface area contributed by atoms with Crippen molar-refractivity contribution in [1.82, 2.24) is 5.32 Å². The van der Waals surface area contributed by atoms with Crippen LogP contribution in [0.15, 0.2) is 0 Å². The van der Waals surface area contributed by atoms with Crippen LogP contribution in [0.3, 0.4) is 0 Å². The summed E-state index contributed by atoms with van der Waals surface area (Å²) >= 11 is 0. The van der Waals surface area contributed by atoms with Gasteiger partial charge in [0.05, 0.1) is 12.7 Å². The van der Waals surface area contributed by atoms with Gasteiger partial charge in [-0.15, -0.1) is 0 Å². The minimum Gasteiger partial charge on any atom is -0.395 e. The molecule has 0 aliphatic carbocycles. The fraction of sp³-hybridized carbons (Fsp3) is 0.909. The number of aliphatic hydroxyl groups excluding tert-OH is 1. The highest BCUT2D eigenvalue weighted by Crippen LogP contribution is 2.20. The number of nitriles is 1. The summed E-state index contributed by atoms with van der Waals surface area (Å²) in [5.41, 5.74) is 0.137. The molecule has 0 aliphatic rings. The lowest BCUT2D eigenvalue weighted by atomic mass is 9.87. The van der Waals surface area contributed by atoms with Crippen LogP contribution < -0.4 is 5.32 Å². The van der Waals surface area contributed by atoms with Crippen LogP contribution in [0, 0.1) is 16.7 Å². The fourth-order valence-corrected chi connectivity index (χ4v) is 1.24. The van der Waals surface area contributed by atoms with Crippen LogP contribution in [0.4, 0.5) is 0 Å². The standard InChI is InChI=1S/C11H22N2O/c1-4-10(8-14)13-9-11(2,3)6-5-7-12/h10,13-14H,4-6,8-9H2,1-3H3/t10-/m0/s1. The van der Waals surface area contributed by atoms with Gasteiger partial charge in [0.25, 0.3) is 0 Å². The van der Waals surface area contributed by atoms with Crippen molar-refractivity contribution in [2.24, 2.45) is 5.41 Å². The second kappa shape index (κ2) is 6.80. The quantitative estimate of drug-likeness (QED) is 0.654. The topological polar surface area (TPSA) is 56.0 Å². The average Bonchev–Trinajstić information content (AvgIpc) is 2.16. The minimum atomic E-state index is 0.137. The molecule has 3 heteroatoms. The van der Waals surface area contributed by atoms with Gasteiger partial charge in [-0.2, -0.15) is 5.26 Å². The summed E-state index contributed by atoms with van der Waals surface area (Å²) in [6, 6.07) is 2.35. The maximum Gasteiger partial charge on any atom is 0.0621 e. The van der Waals surface area contributed by atoms with E-state index in [2.05, 4.69) is 32.2 Å². The Morgan fingerprint density at radius 1 is 1.50 bits per heavy atom. The molecule has 0 unspecified atom stereocenters. The number of nitrogens with one attached hydrogen (secondary N) is 1. The van der Waals surface area contributed by atoms with Gasteiger partial charge in [0, 0.05) is 19.0 Å². The van der Waals surface area contributed by atoms with Crippen LogP contribution >= 0.6 is 0 Å². The molecule has 0 fully saturated rings. The van der Waals surface area contributed by atoms with Crippen LogP contribution in [0.25, 0.3) is 0 Å². The van der Waals surface area contributed by atoms with E-state index in [9.17, 15) is 0 Å². The highest BCUT2D eigenvalue weighted by molar-refractivity contribution is 4.80. The minimum absolute atomic E-state index is 0.137. The number of hydrogen-bond donors (Lipinski definition) is 2. The molecular weight excluding hydrogens is 176 g/mol. The highest BCUT2D eigenvalue weighted by atomic mass is 16.3. The van der Waals surface area contributed by atoms with E-state index in [-0.39, 0.29) is 18.1 Å².